The van der Waals surface area contributed by atoms with Gasteiger partial charge in [-0.05, 0) is 76.4 Å². The molecule has 1 saturated carbocycles. The van der Waals surface area contributed by atoms with Crippen LogP contribution in [0.5, 0.6) is 0 Å². The van der Waals surface area contributed by atoms with Crippen molar-refractivity contribution in [3.05, 3.63) is 0 Å². The summed E-state index contributed by atoms with van der Waals surface area (Å²) in [6, 6.07) is 1.60. The van der Waals surface area contributed by atoms with Crippen molar-refractivity contribution in [2.45, 2.75) is 71.9 Å². The lowest BCUT2D eigenvalue weighted by Gasteiger charge is -2.43. The van der Waals surface area contributed by atoms with Crippen LogP contribution in [-0.2, 0) is 0 Å². The molecule has 0 amide bonds. The molecule has 2 fully saturated rings. The minimum absolute atomic E-state index is 0.706. The molecule has 1 N–H and O–H groups in total. The van der Waals surface area contributed by atoms with Gasteiger partial charge in [0.25, 0.3) is 0 Å². The Morgan fingerprint density at radius 1 is 1.05 bits per heavy atom. The van der Waals surface area contributed by atoms with Crippen LogP contribution < -0.4 is 5.32 Å². The van der Waals surface area contributed by atoms with Crippen molar-refractivity contribution in [1.82, 2.24) is 10.2 Å². The van der Waals surface area contributed by atoms with E-state index >= 15 is 0 Å². The Morgan fingerprint density at radius 3 is 2.32 bits per heavy atom. The first-order chi connectivity index (χ1) is 9.11. The molecule has 0 radical (unpaired) electrons. The SMILES string of the molecule is CCNC(C)C1CCN(C2CCC(C)C(C)C2)CC1. The third-order valence-electron chi connectivity index (χ3n) is 5.89. The van der Waals surface area contributed by atoms with Crippen LogP contribution in [0.4, 0.5) is 0 Å². The molecular formula is C17H34N2. The van der Waals surface area contributed by atoms with Crippen LogP contribution in [0.1, 0.15) is 59.8 Å². The first-order valence-electron chi connectivity index (χ1n) is 8.59. The minimum Gasteiger partial charge on any atom is -0.314 e. The van der Waals surface area contributed by atoms with E-state index in [1.54, 1.807) is 0 Å². The highest BCUT2D eigenvalue weighted by Gasteiger charge is 2.31. The molecule has 4 unspecified atom stereocenters. The molecule has 0 aromatic heterocycles. The number of rotatable bonds is 4. The fraction of sp³-hybridized carbons (Fsp3) is 1.00. The van der Waals surface area contributed by atoms with Crippen molar-refractivity contribution in [2.75, 3.05) is 19.6 Å². The summed E-state index contributed by atoms with van der Waals surface area (Å²) in [5, 5.41) is 3.60. The van der Waals surface area contributed by atoms with Crippen molar-refractivity contribution in [1.29, 1.82) is 0 Å². The van der Waals surface area contributed by atoms with Crippen LogP contribution in [0.15, 0.2) is 0 Å². The smallest absolute Gasteiger partial charge is 0.00979 e. The fourth-order valence-electron chi connectivity index (χ4n) is 4.12. The van der Waals surface area contributed by atoms with Crippen LogP contribution in [0.2, 0.25) is 0 Å². The molecule has 1 aliphatic heterocycles. The highest BCUT2D eigenvalue weighted by Crippen LogP contribution is 2.34. The summed E-state index contributed by atoms with van der Waals surface area (Å²) in [5.41, 5.74) is 0. The van der Waals surface area contributed by atoms with Gasteiger partial charge in [0.05, 0.1) is 0 Å². The van der Waals surface area contributed by atoms with Gasteiger partial charge in [-0.25, -0.2) is 0 Å². The highest BCUT2D eigenvalue weighted by molar-refractivity contribution is 4.86. The molecular weight excluding hydrogens is 232 g/mol. The van der Waals surface area contributed by atoms with Crippen molar-refractivity contribution >= 4 is 0 Å². The Kier molecular flexibility index (Phi) is 5.70. The molecule has 112 valence electrons. The summed E-state index contributed by atoms with van der Waals surface area (Å²) in [6.45, 7) is 13.3. The van der Waals surface area contributed by atoms with E-state index in [2.05, 4.69) is 37.9 Å². The lowest BCUT2D eigenvalue weighted by molar-refractivity contribution is 0.0696. The molecule has 0 aromatic carbocycles. The molecule has 0 bridgehead atoms. The van der Waals surface area contributed by atoms with Crippen LogP contribution in [0, 0.1) is 17.8 Å². The van der Waals surface area contributed by atoms with Gasteiger partial charge in [-0.2, -0.15) is 0 Å². The summed E-state index contributed by atoms with van der Waals surface area (Å²) >= 11 is 0. The lowest BCUT2D eigenvalue weighted by atomic mass is 9.77. The number of hydrogen-bond donors (Lipinski definition) is 1. The van der Waals surface area contributed by atoms with E-state index in [1.807, 2.05) is 0 Å². The van der Waals surface area contributed by atoms with Crippen molar-refractivity contribution in [2.24, 2.45) is 17.8 Å². The first-order valence-corrected chi connectivity index (χ1v) is 8.59. The van der Waals surface area contributed by atoms with Gasteiger partial charge in [0.1, 0.15) is 0 Å². The Hall–Kier alpha value is -0.0800. The summed E-state index contributed by atoms with van der Waals surface area (Å²) in [7, 11) is 0. The van der Waals surface area contributed by atoms with Crippen molar-refractivity contribution < 1.29 is 0 Å². The second-order valence-corrected chi connectivity index (χ2v) is 7.14. The minimum atomic E-state index is 0.706. The maximum Gasteiger partial charge on any atom is 0.00979 e. The normalized spacial score (nSPS) is 36.3. The Labute approximate surface area is 120 Å². The van der Waals surface area contributed by atoms with Crippen molar-refractivity contribution in [3.63, 3.8) is 0 Å². The van der Waals surface area contributed by atoms with Crippen LogP contribution in [0.3, 0.4) is 0 Å². The standard InChI is InChI=1S/C17H34N2/c1-5-18-15(4)16-8-10-19(11-9-16)17-7-6-13(2)14(3)12-17/h13-18H,5-12H2,1-4H3. The average Bonchev–Trinajstić information content (AvgIpc) is 2.42. The third kappa shape index (κ3) is 3.95. The summed E-state index contributed by atoms with van der Waals surface area (Å²) < 4.78 is 0. The second-order valence-electron chi connectivity index (χ2n) is 7.14. The molecule has 1 aliphatic carbocycles. The van der Waals surface area contributed by atoms with Crippen LogP contribution in [0.25, 0.3) is 0 Å². The zero-order chi connectivity index (χ0) is 13.8. The topological polar surface area (TPSA) is 15.3 Å². The molecule has 2 rings (SSSR count). The molecule has 2 aliphatic rings. The monoisotopic (exact) mass is 266 g/mol. The van der Waals surface area contributed by atoms with Gasteiger partial charge in [-0.1, -0.05) is 20.8 Å². The van der Waals surface area contributed by atoms with Gasteiger partial charge in [0, 0.05) is 12.1 Å². The van der Waals surface area contributed by atoms with E-state index in [-0.39, 0.29) is 0 Å². The number of nitrogens with zero attached hydrogens (tertiary/aromatic N) is 1. The number of piperidine rings is 1. The molecule has 2 nitrogen and oxygen atoms in total. The Balaban J connectivity index is 1.77. The van der Waals surface area contributed by atoms with Gasteiger partial charge < -0.3 is 10.2 Å². The first kappa shape index (κ1) is 15.3. The molecule has 4 atom stereocenters. The molecule has 0 aromatic rings. The van der Waals surface area contributed by atoms with Crippen molar-refractivity contribution in [3.8, 4) is 0 Å². The molecule has 1 heterocycles. The molecule has 19 heavy (non-hydrogen) atoms. The zero-order valence-electron chi connectivity index (χ0n) is 13.5. The van der Waals surface area contributed by atoms with E-state index < -0.39 is 0 Å². The number of hydrogen-bond acceptors (Lipinski definition) is 2. The predicted molar refractivity (Wildman–Crippen MR) is 83.4 cm³/mol. The maximum atomic E-state index is 3.60. The van der Waals surface area contributed by atoms with Crippen LogP contribution >= 0.6 is 0 Å². The number of likely N-dealkylation sites (tertiary alicyclic amines) is 1. The molecule has 2 heteroatoms. The van der Waals surface area contributed by atoms with Gasteiger partial charge in [-0.15, -0.1) is 0 Å². The number of nitrogens with one attached hydrogen (secondary N) is 1. The average molecular weight is 266 g/mol. The Morgan fingerprint density at radius 2 is 1.74 bits per heavy atom. The summed E-state index contributed by atoms with van der Waals surface area (Å²) in [4.78, 5) is 2.80. The van der Waals surface area contributed by atoms with E-state index in [0.717, 1.165) is 30.3 Å². The Bertz CT molecular complexity index is 258. The van der Waals surface area contributed by atoms with Crippen LogP contribution in [-0.4, -0.2) is 36.6 Å². The quantitative estimate of drug-likeness (QED) is 0.837. The largest absolute Gasteiger partial charge is 0.314 e. The van der Waals surface area contributed by atoms with E-state index in [4.69, 9.17) is 0 Å². The fourth-order valence-corrected chi connectivity index (χ4v) is 4.12. The van der Waals surface area contributed by atoms with Gasteiger partial charge in [-0.3, -0.25) is 0 Å². The second kappa shape index (κ2) is 7.08. The van der Waals surface area contributed by atoms with Gasteiger partial charge >= 0.3 is 0 Å². The summed E-state index contributed by atoms with van der Waals surface area (Å²) in [6.07, 6.45) is 7.12. The van der Waals surface area contributed by atoms with Gasteiger partial charge in [0.15, 0.2) is 0 Å². The van der Waals surface area contributed by atoms with Gasteiger partial charge in [0.2, 0.25) is 0 Å². The summed E-state index contributed by atoms with van der Waals surface area (Å²) in [5.74, 6) is 2.77. The van der Waals surface area contributed by atoms with E-state index in [0.29, 0.717) is 6.04 Å². The van der Waals surface area contributed by atoms with E-state index in [9.17, 15) is 0 Å². The highest BCUT2D eigenvalue weighted by atomic mass is 15.2. The lowest BCUT2D eigenvalue weighted by Crippen LogP contribution is -2.47. The maximum absolute atomic E-state index is 3.60. The zero-order valence-corrected chi connectivity index (χ0v) is 13.5. The molecule has 1 saturated heterocycles. The van der Waals surface area contributed by atoms with E-state index in [1.165, 1.54) is 45.2 Å². The third-order valence-corrected chi connectivity index (χ3v) is 5.89. The predicted octanol–water partition coefficient (Wildman–Crippen LogP) is 3.52. The molecule has 0 spiro atoms.